The molecule has 3 heteroatoms. The van der Waals surface area contributed by atoms with Crippen LogP contribution in [0.3, 0.4) is 0 Å². The number of benzene rings is 1. The van der Waals surface area contributed by atoms with E-state index in [1.807, 2.05) is 41.1 Å². The third-order valence-electron chi connectivity index (χ3n) is 2.56. The SMILES string of the molecule is N#Cc1ccccc1Cn1cccc1CO. The first-order valence-corrected chi connectivity index (χ1v) is 5.08. The fourth-order valence-corrected chi connectivity index (χ4v) is 1.70. The zero-order valence-electron chi connectivity index (χ0n) is 8.80. The molecule has 2 aromatic rings. The van der Waals surface area contributed by atoms with Crippen molar-refractivity contribution in [3.63, 3.8) is 0 Å². The van der Waals surface area contributed by atoms with Crippen molar-refractivity contribution >= 4 is 0 Å². The van der Waals surface area contributed by atoms with Gasteiger partial charge in [-0.15, -0.1) is 0 Å². The highest BCUT2D eigenvalue weighted by Crippen LogP contribution is 2.11. The quantitative estimate of drug-likeness (QED) is 0.844. The average molecular weight is 212 g/mol. The molecule has 0 bridgehead atoms. The Morgan fingerprint density at radius 1 is 1.19 bits per heavy atom. The Morgan fingerprint density at radius 2 is 2.00 bits per heavy atom. The second-order valence-corrected chi connectivity index (χ2v) is 3.55. The molecule has 1 aromatic carbocycles. The lowest BCUT2D eigenvalue weighted by molar-refractivity contribution is 0.271. The van der Waals surface area contributed by atoms with E-state index in [1.165, 1.54) is 0 Å². The summed E-state index contributed by atoms with van der Waals surface area (Å²) < 4.78 is 1.94. The van der Waals surface area contributed by atoms with Gasteiger partial charge in [-0.05, 0) is 23.8 Å². The van der Waals surface area contributed by atoms with Crippen molar-refractivity contribution in [2.45, 2.75) is 13.2 Å². The van der Waals surface area contributed by atoms with Crippen LogP contribution in [0.5, 0.6) is 0 Å². The summed E-state index contributed by atoms with van der Waals surface area (Å²) in [6, 6.07) is 13.4. The van der Waals surface area contributed by atoms with Crippen molar-refractivity contribution in [1.29, 1.82) is 5.26 Å². The summed E-state index contributed by atoms with van der Waals surface area (Å²) in [5.41, 5.74) is 2.50. The van der Waals surface area contributed by atoms with E-state index in [-0.39, 0.29) is 6.61 Å². The van der Waals surface area contributed by atoms with Gasteiger partial charge in [0.25, 0.3) is 0 Å². The molecule has 0 aliphatic rings. The zero-order chi connectivity index (χ0) is 11.4. The van der Waals surface area contributed by atoms with Gasteiger partial charge in [-0.2, -0.15) is 5.26 Å². The van der Waals surface area contributed by atoms with Gasteiger partial charge >= 0.3 is 0 Å². The van der Waals surface area contributed by atoms with Crippen molar-refractivity contribution in [1.82, 2.24) is 4.57 Å². The molecule has 0 fully saturated rings. The van der Waals surface area contributed by atoms with Crippen molar-refractivity contribution in [2.24, 2.45) is 0 Å². The molecule has 0 atom stereocenters. The van der Waals surface area contributed by atoms with E-state index in [2.05, 4.69) is 6.07 Å². The smallest absolute Gasteiger partial charge is 0.0995 e. The molecule has 3 nitrogen and oxygen atoms in total. The summed E-state index contributed by atoms with van der Waals surface area (Å²) in [5, 5.41) is 18.1. The van der Waals surface area contributed by atoms with Gasteiger partial charge in [-0.3, -0.25) is 0 Å². The first kappa shape index (κ1) is 10.5. The molecule has 0 amide bonds. The number of aliphatic hydroxyl groups excluding tert-OH is 1. The van der Waals surface area contributed by atoms with Gasteiger partial charge < -0.3 is 9.67 Å². The fraction of sp³-hybridized carbons (Fsp3) is 0.154. The van der Waals surface area contributed by atoms with Crippen molar-refractivity contribution < 1.29 is 5.11 Å². The van der Waals surface area contributed by atoms with Crippen LogP contribution in [-0.4, -0.2) is 9.67 Å². The summed E-state index contributed by atoms with van der Waals surface area (Å²) in [7, 11) is 0. The Bertz CT molecular complexity index is 523. The molecule has 0 unspecified atom stereocenters. The van der Waals surface area contributed by atoms with Gasteiger partial charge in [-0.25, -0.2) is 0 Å². The van der Waals surface area contributed by atoms with E-state index in [0.717, 1.165) is 11.3 Å². The van der Waals surface area contributed by atoms with Crippen LogP contribution in [0.1, 0.15) is 16.8 Å². The van der Waals surface area contributed by atoms with Crippen LogP contribution in [0.2, 0.25) is 0 Å². The number of rotatable bonds is 3. The minimum Gasteiger partial charge on any atom is -0.390 e. The molecule has 16 heavy (non-hydrogen) atoms. The first-order valence-electron chi connectivity index (χ1n) is 5.08. The molecular weight excluding hydrogens is 200 g/mol. The predicted molar refractivity (Wildman–Crippen MR) is 60.6 cm³/mol. The molecule has 1 heterocycles. The van der Waals surface area contributed by atoms with E-state index in [1.54, 1.807) is 6.07 Å². The monoisotopic (exact) mass is 212 g/mol. The Kier molecular flexibility index (Phi) is 3.04. The molecular formula is C13H12N2O. The topological polar surface area (TPSA) is 49.0 Å². The molecule has 0 saturated heterocycles. The van der Waals surface area contributed by atoms with Crippen LogP contribution in [0.15, 0.2) is 42.6 Å². The molecule has 0 radical (unpaired) electrons. The maximum atomic E-state index is 9.13. The number of hydrogen-bond acceptors (Lipinski definition) is 2. The van der Waals surface area contributed by atoms with E-state index in [0.29, 0.717) is 12.1 Å². The van der Waals surface area contributed by atoms with Gasteiger partial charge in [0.05, 0.1) is 18.2 Å². The van der Waals surface area contributed by atoms with E-state index in [4.69, 9.17) is 10.4 Å². The summed E-state index contributed by atoms with van der Waals surface area (Å²) >= 11 is 0. The van der Waals surface area contributed by atoms with Gasteiger partial charge in [-0.1, -0.05) is 18.2 Å². The number of nitriles is 1. The second-order valence-electron chi connectivity index (χ2n) is 3.55. The van der Waals surface area contributed by atoms with E-state index in [9.17, 15) is 0 Å². The lowest BCUT2D eigenvalue weighted by Crippen LogP contribution is -2.04. The number of nitrogens with zero attached hydrogens (tertiary/aromatic N) is 2. The Labute approximate surface area is 94.2 Å². The van der Waals surface area contributed by atoms with Gasteiger partial charge in [0.2, 0.25) is 0 Å². The van der Waals surface area contributed by atoms with E-state index >= 15 is 0 Å². The predicted octanol–water partition coefficient (Wildman–Crippen LogP) is 1.90. The first-order chi connectivity index (χ1) is 7.85. The highest BCUT2D eigenvalue weighted by atomic mass is 16.3. The highest BCUT2D eigenvalue weighted by Gasteiger charge is 2.04. The molecule has 1 aromatic heterocycles. The van der Waals surface area contributed by atoms with E-state index < -0.39 is 0 Å². The minimum atomic E-state index is 0.0156. The summed E-state index contributed by atoms with van der Waals surface area (Å²) in [5.74, 6) is 0. The number of aromatic nitrogens is 1. The van der Waals surface area contributed by atoms with Gasteiger partial charge in [0.15, 0.2) is 0 Å². The van der Waals surface area contributed by atoms with Crippen LogP contribution >= 0.6 is 0 Å². The normalized spacial score (nSPS) is 10.0. The minimum absolute atomic E-state index is 0.0156. The molecule has 0 aliphatic carbocycles. The molecule has 0 spiro atoms. The highest BCUT2D eigenvalue weighted by molar-refractivity contribution is 5.37. The lowest BCUT2D eigenvalue weighted by atomic mass is 10.1. The maximum Gasteiger partial charge on any atom is 0.0995 e. The molecule has 0 aliphatic heterocycles. The second kappa shape index (κ2) is 4.65. The molecule has 0 saturated carbocycles. The summed E-state index contributed by atoms with van der Waals surface area (Å²) in [6.45, 7) is 0.633. The summed E-state index contributed by atoms with van der Waals surface area (Å²) in [6.07, 6.45) is 1.90. The van der Waals surface area contributed by atoms with Crippen LogP contribution in [-0.2, 0) is 13.2 Å². The third-order valence-corrected chi connectivity index (χ3v) is 2.56. The Balaban J connectivity index is 2.31. The maximum absolute atomic E-state index is 9.13. The zero-order valence-corrected chi connectivity index (χ0v) is 8.80. The average Bonchev–Trinajstić information content (AvgIpc) is 2.77. The summed E-state index contributed by atoms with van der Waals surface area (Å²) in [4.78, 5) is 0. The van der Waals surface area contributed by atoms with Gasteiger partial charge in [0.1, 0.15) is 0 Å². The Morgan fingerprint density at radius 3 is 2.75 bits per heavy atom. The van der Waals surface area contributed by atoms with Crippen LogP contribution in [0, 0.1) is 11.3 Å². The van der Waals surface area contributed by atoms with Crippen LogP contribution in [0.4, 0.5) is 0 Å². The largest absolute Gasteiger partial charge is 0.390 e. The number of hydrogen-bond donors (Lipinski definition) is 1. The van der Waals surface area contributed by atoms with Crippen molar-refractivity contribution in [3.05, 3.63) is 59.4 Å². The molecule has 1 N–H and O–H groups in total. The standard InChI is InChI=1S/C13H12N2O/c14-8-11-4-1-2-5-12(11)9-15-7-3-6-13(15)10-16/h1-7,16H,9-10H2. The Hall–Kier alpha value is -2.05. The number of aliphatic hydroxyl groups is 1. The lowest BCUT2D eigenvalue weighted by Gasteiger charge is -2.08. The molecule has 2 rings (SSSR count). The van der Waals surface area contributed by atoms with Crippen molar-refractivity contribution in [3.8, 4) is 6.07 Å². The van der Waals surface area contributed by atoms with Gasteiger partial charge in [0, 0.05) is 18.4 Å². The van der Waals surface area contributed by atoms with Crippen LogP contribution < -0.4 is 0 Å². The van der Waals surface area contributed by atoms with Crippen LogP contribution in [0.25, 0.3) is 0 Å². The fourth-order valence-electron chi connectivity index (χ4n) is 1.70. The molecule has 80 valence electrons. The third kappa shape index (κ3) is 1.97. The van der Waals surface area contributed by atoms with Crippen molar-refractivity contribution in [2.75, 3.05) is 0 Å².